The molecule has 0 radical (unpaired) electrons. The van der Waals surface area contributed by atoms with E-state index in [1.807, 2.05) is 0 Å². The van der Waals surface area contributed by atoms with Crippen LogP contribution in [0.15, 0.2) is 22.7 Å². The van der Waals surface area contributed by atoms with Crippen LogP contribution in [0, 0.1) is 5.82 Å². The lowest BCUT2D eigenvalue weighted by molar-refractivity contribution is 0.195. The normalized spacial score (nSPS) is 13.0. The van der Waals surface area contributed by atoms with Crippen molar-refractivity contribution in [1.82, 2.24) is 0 Å². The Balaban J connectivity index is 2.90. The molecule has 0 saturated carbocycles. The number of aliphatic hydroxyl groups excluding tert-OH is 1. The summed E-state index contributed by atoms with van der Waals surface area (Å²) in [4.78, 5) is 0. The molecule has 0 aliphatic carbocycles. The zero-order chi connectivity index (χ0) is 9.14. The van der Waals surface area contributed by atoms with Crippen molar-refractivity contribution in [2.45, 2.75) is 19.4 Å². The first-order valence-electron chi connectivity index (χ1n) is 3.71. The highest BCUT2D eigenvalue weighted by molar-refractivity contribution is 9.10. The second kappa shape index (κ2) is 4.01. The molecule has 1 rings (SSSR count). The van der Waals surface area contributed by atoms with Crippen LogP contribution in [0.3, 0.4) is 0 Å². The van der Waals surface area contributed by atoms with Gasteiger partial charge < -0.3 is 5.11 Å². The van der Waals surface area contributed by atoms with Gasteiger partial charge in [0.15, 0.2) is 0 Å². The third-order valence-electron chi connectivity index (χ3n) is 1.52. The average molecular weight is 233 g/mol. The fourth-order valence-electron chi connectivity index (χ4n) is 1.02. The van der Waals surface area contributed by atoms with Crippen molar-refractivity contribution in [3.8, 4) is 0 Å². The zero-order valence-corrected chi connectivity index (χ0v) is 8.31. The van der Waals surface area contributed by atoms with Crippen molar-refractivity contribution in [2.24, 2.45) is 0 Å². The van der Waals surface area contributed by atoms with Gasteiger partial charge in [-0.15, -0.1) is 0 Å². The molecule has 0 amide bonds. The second-order valence-corrected chi connectivity index (χ2v) is 3.64. The molecule has 1 aromatic rings. The Morgan fingerprint density at radius 1 is 1.58 bits per heavy atom. The van der Waals surface area contributed by atoms with Crippen LogP contribution in [-0.2, 0) is 6.42 Å². The van der Waals surface area contributed by atoms with E-state index in [1.165, 1.54) is 12.1 Å². The van der Waals surface area contributed by atoms with Crippen molar-refractivity contribution in [3.63, 3.8) is 0 Å². The molecule has 3 heteroatoms. The first-order valence-corrected chi connectivity index (χ1v) is 4.51. The number of rotatable bonds is 2. The van der Waals surface area contributed by atoms with Gasteiger partial charge in [-0.05, 0) is 37.1 Å². The summed E-state index contributed by atoms with van der Waals surface area (Å²) in [5, 5.41) is 9.08. The van der Waals surface area contributed by atoms with Crippen LogP contribution >= 0.6 is 15.9 Å². The Labute approximate surface area is 79.4 Å². The minimum atomic E-state index is -0.442. The van der Waals surface area contributed by atoms with Crippen molar-refractivity contribution in [1.29, 1.82) is 0 Å². The number of aliphatic hydroxyl groups is 1. The number of benzene rings is 1. The lowest BCUT2D eigenvalue weighted by Gasteiger charge is -2.06. The highest BCUT2D eigenvalue weighted by Crippen LogP contribution is 2.19. The molecule has 0 heterocycles. The van der Waals surface area contributed by atoms with Crippen LogP contribution in [0.4, 0.5) is 4.39 Å². The van der Waals surface area contributed by atoms with Gasteiger partial charge in [-0.2, -0.15) is 0 Å². The molecule has 1 atom stereocenters. The molecule has 0 aliphatic heterocycles. The first kappa shape index (κ1) is 9.68. The summed E-state index contributed by atoms with van der Waals surface area (Å²) >= 11 is 3.28. The van der Waals surface area contributed by atoms with Gasteiger partial charge in [-0.25, -0.2) is 4.39 Å². The molecule has 12 heavy (non-hydrogen) atoms. The Hall–Kier alpha value is -0.410. The summed E-state index contributed by atoms with van der Waals surface area (Å²) in [7, 11) is 0. The summed E-state index contributed by atoms with van der Waals surface area (Å²) in [6.07, 6.45) is 0.0290. The Morgan fingerprint density at radius 3 is 2.83 bits per heavy atom. The molecule has 1 N–H and O–H groups in total. The van der Waals surface area contributed by atoms with Gasteiger partial charge in [0.1, 0.15) is 5.82 Å². The number of hydrogen-bond donors (Lipinski definition) is 1. The molecule has 1 aromatic carbocycles. The fourth-order valence-corrected chi connectivity index (χ4v) is 1.43. The van der Waals surface area contributed by atoms with Gasteiger partial charge in [-0.1, -0.05) is 15.9 Å². The second-order valence-electron chi connectivity index (χ2n) is 2.79. The average Bonchev–Trinajstić information content (AvgIpc) is 1.96. The van der Waals surface area contributed by atoms with E-state index in [-0.39, 0.29) is 5.82 Å². The Bertz CT molecular complexity index is 273. The third kappa shape index (κ3) is 2.57. The van der Waals surface area contributed by atoms with E-state index in [0.717, 1.165) is 10.0 Å². The molecule has 0 aromatic heterocycles. The number of halogens is 2. The molecule has 0 spiro atoms. The summed E-state index contributed by atoms with van der Waals surface area (Å²) in [5.41, 5.74) is 0.796. The summed E-state index contributed by atoms with van der Waals surface area (Å²) in [5.74, 6) is -0.270. The van der Waals surface area contributed by atoms with E-state index in [1.54, 1.807) is 13.0 Å². The summed E-state index contributed by atoms with van der Waals surface area (Å²) < 4.78 is 13.5. The number of hydrogen-bond acceptors (Lipinski definition) is 1. The molecule has 66 valence electrons. The monoisotopic (exact) mass is 232 g/mol. The van der Waals surface area contributed by atoms with E-state index in [9.17, 15) is 4.39 Å². The van der Waals surface area contributed by atoms with E-state index in [2.05, 4.69) is 15.9 Å². The maximum atomic E-state index is 12.7. The van der Waals surface area contributed by atoms with Gasteiger partial charge in [0.25, 0.3) is 0 Å². The van der Waals surface area contributed by atoms with Crippen molar-refractivity contribution in [2.75, 3.05) is 0 Å². The van der Waals surface area contributed by atoms with Crippen molar-refractivity contribution >= 4 is 15.9 Å². The van der Waals surface area contributed by atoms with Gasteiger partial charge in [0.05, 0.1) is 6.10 Å². The van der Waals surface area contributed by atoms with Gasteiger partial charge >= 0.3 is 0 Å². The molecule has 1 nitrogen and oxygen atoms in total. The molecule has 0 bridgehead atoms. The molecule has 0 fully saturated rings. The molecular formula is C9H10BrFO. The molecular weight excluding hydrogens is 223 g/mol. The highest BCUT2D eigenvalue weighted by Gasteiger charge is 2.04. The molecule has 0 saturated heterocycles. The maximum absolute atomic E-state index is 12.7. The predicted molar refractivity (Wildman–Crippen MR) is 49.5 cm³/mol. The van der Waals surface area contributed by atoms with E-state index in [0.29, 0.717) is 6.42 Å². The van der Waals surface area contributed by atoms with Crippen LogP contribution in [0.25, 0.3) is 0 Å². The first-order chi connectivity index (χ1) is 5.59. The predicted octanol–water partition coefficient (Wildman–Crippen LogP) is 2.51. The van der Waals surface area contributed by atoms with Crippen LogP contribution in [0.2, 0.25) is 0 Å². The minimum Gasteiger partial charge on any atom is -0.393 e. The van der Waals surface area contributed by atoms with Crippen molar-refractivity contribution in [3.05, 3.63) is 34.1 Å². The summed E-state index contributed by atoms with van der Waals surface area (Å²) in [6, 6.07) is 4.46. The van der Waals surface area contributed by atoms with Crippen LogP contribution < -0.4 is 0 Å². The summed E-state index contributed by atoms with van der Waals surface area (Å²) in [6.45, 7) is 1.68. The lowest BCUT2D eigenvalue weighted by Crippen LogP contribution is -2.04. The lowest BCUT2D eigenvalue weighted by atomic mass is 10.1. The Morgan fingerprint density at radius 2 is 2.25 bits per heavy atom. The largest absolute Gasteiger partial charge is 0.393 e. The quantitative estimate of drug-likeness (QED) is 0.832. The fraction of sp³-hybridized carbons (Fsp3) is 0.333. The SMILES string of the molecule is C[C@H](O)Cc1cc(F)ccc1Br. The third-order valence-corrected chi connectivity index (χ3v) is 2.30. The molecule has 0 aliphatic rings. The van der Waals surface area contributed by atoms with Crippen LogP contribution in [0.1, 0.15) is 12.5 Å². The van der Waals surface area contributed by atoms with Gasteiger partial charge in [0, 0.05) is 4.47 Å². The van der Waals surface area contributed by atoms with E-state index in [4.69, 9.17) is 5.11 Å². The standard InChI is InChI=1S/C9H10BrFO/c1-6(12)4-7-5-8(11)2-3-9(7)10/h2-3,5-6,12H,4H2,1H3/t6-/m0/s1. The molecule has 0 unspecified atom stereocenters. The van der Waals surface area contributed by atoms with E-state index >= 15 is 0 Å². The highest BCUT2D eigenvalue weighted by atomic mass is 79.9. The topological polar surface area (TPSA) is 20.2 Å². The van der Waals surface area contributed by atoms with Crippen LogP contribution in [0.5, 0.6) is 0 Å². The maximum Gasteiger partial charge on any atom is 0.123 e. The Kier molecular flexibility index (Phi) is 3.23. The van der Waals surface area contributed by atoms with Crippen molar-refractivity contribution < 1.29 is 9.50 Å². The smallest absolute Gasteiger partial charge is 0.123 e. The van der Waals surface area contributed by atoms with E-state index < -0.39 is 6.10 Å². The van der Waals surface area contributed by atoms with Gasteiger partial charge in [0.2, 0.25) is 0 Å². The van der Waals surface area contributed by atoms with Crippen LogP contribution in [-0.4, -0.2) is 11.2 Å². The minimum absolute atomic E-state index is 0.270. The zero-order valence-electron chi connectivity index (χ0n) is 6.72. The van der Waals surface area contributed by atoms with Gasteiger partial charge in [-0.3, -0.25) is 0 Å².